The summed E-state index contributed by atoms with van der Waals surface area (Å²) >= 11 is 0. The molecule has 0 radical (unpaired) electrons. The molecule has 0 amide bonds. The average molecular weight is 256 g/mol. The number of aromatic nitrogens is 1. The first-order valence-corrected chi connectivity index (χ1v) is 4.96. The highest BCUT2D eigenvalue weighted by Crippen LogP contribution is 2.37. The van der Waals surface area contributed by atoms with Crippen molar-refractivity contribution in [2.24, 2.45) is 0 Å². The Balaban J connectivity index is 2.64. The summed E-state index contributed by atoms with van der Waals surface area (Å²) in [6.45, 7) is 0. The number of benzene rings is 1. The van der Waals surface area contributed by atoms with Crippen molar-refractivity contribution in [1.82, 2.24) is 4.98 Å². The second kappa shape index (κ2) is 4.29. The maximum atomic E-state index is 13.0. The monoisotopic (exact) mass is 256 g/mol. The summed E-state index contributed by atoms with van der Waals surface area (Å²) in [5, 5.41) is 0. The Morgan fingerprint density at radius 3 is 2.44 bits per heavy atom. The molecule has 1 aromatic carbocycles. The van der Waals surface area contributed by atoms with E-state index in [0.29, 0.717) is 0 Å². The van der Waals surface area contributed by atoms with Crippen molar-refractivity contribution in [3.8, 4) is 11.1 Å². The Bertz CT molecular complexity index is 579. The van der Waals surface area contributed by atoms with Crippen LogP contribution < -0.4 is 5.73 Å². The Morgan fingerprint density at radius 1 is 1.11 bits per heavy atom. The van der Waals surface area contributed by atoms with Gasteiger partial charge in [0.15, 0.2) is 0 Å². The van der Waals surface area contributed by atoms with Crippen molar-refractivity contribution in [1.29, 1.82) is 0 Å². The molecule has 6 heteroatoms. The fourth-order valence-electron chi connectivity index (χ4n) is 1.59. The van der Waals surface area contributed by atoms with Crippen LogP contribution in [0, 0.1) is 5.82 Å². The molecule has 2 N–H and O–H groups in total. The van der Waals surface area contributed by atoms with Crippen LogP contribution in [-0.4, -0.2) is 4.98 Å². The van der Waals surface area contributed by atoms with Gasteiger partial charge in [-0.25, -0.2) is 9.37 Å². The molecule has 0 saturated heterocycles. The summed E-state index contributed by atoms with van der Waals surface area (Å²) in [7, 11) is 0. The van der Waals surface area contributed by atoms with E-state index >= 15 is 0 Å². The van der Waals surface area contributed by atoms with E-state index in [0.717, 1.165) is 24.4 Å². The van der Waals surface area contributed by atoms with Gasteiger partial charge in [0.05, 0.1) is 5.56 Å². The molecule has 18 heavy (non-hydrogen) atoms. The zero-order valence-corrected chi connectivity index (χ0v) is 9.00. The number of alkyl halides is 3. The zero-order chi connectivity index (χ0) is 13.3. The fraction of sp³-hybridized carbons (Fsp3) is 0.0833. The lowest BCUT2D eigenvalue weighted by atomic mass is 10.0. The molecule has 0 atom stereocenters. The van der Waals surface area contributed by atoms with Gasteiger partial charge in [-0.05, 0) is 23.8 Å². The van der Waals surface area contributed by atoms with E-state index in [-0.39, 0.29) is 16.9 Å². The predicted molar refractivity (Wildman–Crippen MR) is 59.0 cm³/mol. The third kappa shape index (κ3) is 2.42. The fourth-order valence-corrected chi connectivity index (χ4v) is 1.59. The van der Waals surface area contributed by atoms with Gasteiger partial charge in [0.25, 0.3) is 0 Å². The van der Waals surface area contributed by atoms with Crippen LogP contribution >= 0.6 is 0 Å². The highest BCUT2D eigenvalue weighted by atomic mass is 19.4. The number of rotatable bonds is 1. The Morgan fingerprint density at radius 2 is 1.83 bits per heavy atom. The molecular weight excluding hydrogens is 248 g/mol. The molecule has 0 aliphatic carbocycles. The SMILES string of the molecule is Nc1cc(C(F)(F)F)c(-c2cccc(F)c2)cn1. The largest absolute Gasteiger partial charge is 0.417 e. The van der Waals surface area contributed by atoms with Gasteiger partial charge < -0.3 is 5.73 Å². The molecule has 0 aliphatic heterocycles. The van der Waals surface area contributed by atoms with Gasteiger partial charge in [0.1, 0.15) is 11.6 Å². The van der Waals surface area contributed by atoms with E-state index in [2.05, 4.69) is 4.98 Å². The molecule has 94 valence electrons. The molecule has 2 nitrogen and oxygen atoms in total. The van der Waals surface area contributed by atoms with Crippen molar-refractivity contribution >= 4 is 5.82 Å². The van der Waals surface area contributed by atoms with Crippen molar-refractivity contribution in [3.63, 3.8) is 0 Å². The molecule has 0 bridgehead atoms. The molecule has 0 saturated carbocycles. The number of hydrogen-bond donors (Lipinski definition) is 1. The molecule has 1 heterocycles. The summed E-state index contributed by atoms with van der Waals surface area (Å²) < 4.78 is 51.5. The number of nitrogens with two attached hydrogens (primary N) is 1. The minimum Gasteiger partial charge on any atom is -0.384 e. The zero-order valence-electron chi connectivity index (χ0n) is 9.00. The normalized spacial score (nSPS) is 11.6. The van der Waals surface area contributed by atoms with E-state index in [1.807, 2.05) is 0 Å². The topological polar surface area (TPSA) is 38.9 Å². The van der Waals surface area contributed by atoms with E-state index in [4.69, 9.17) is 5.73 Å². The smallest absolute Gasteiger partial charge is 0.384 e. The molecular formula is C12H8F4N2. The Hall–Kier alpha value is -2.11. The lowest BCUT2D eigenvalue weighted by molar-refractivity contribution is -0.137. The molecule has 1 aromatic heterocycles. The van der Waals surface area contributed by atoms with Crippen LogP contribution in [0.4, 0.5) is 23.4 Å². The minimum absolute atomic E-state index is 0.106. The Labute approximate surface area is 100 Å². The van der Waals surface area contributed by atoms with Crippen LogP contribution in [0.15, 0.2) is 36.5 Å². The van der Waals surface area contributed by atoms with Gasteiger partial charge in [0.2, 0.25) is 0 Å². The quantitative estimate of drug-likeness (QED) is 0.793. The molecule has 0 fully saturated rings. The van der Waals surface area contributed by atoms with E-state index in [1.165, 1.54) is 12.1 Å². The lowest BCUT2D eigenvalue weighted by Gasteiger charge is -2.13. The summed E-state index contributed by atoms with van der Waals surface area (Å²) in [5.41, 5.74) is 4.23. The van der Waals surface area contributed by atoms with Crippen LogP contribution in [0.3, 0.4) is 0 Å². The number of halogens is 4. The van der Waals surface area contributed by atoms with Gasteiger partial charge in [-0.15, -0.1) is 0 Å². The third-order valence-corrected chi connectivity index (χ3v) is 2.37. The predicted octanol–water partition coefficient (Wildman–Crippen LogP) is 3.49. The molecule has 2 rings (SSSR count). The minimum atomic E-state index is -4.57. The van der Waals surface area contributed by atoms with Gasteiger partial charge >= 0.3 is 6.18 Å². The van der Waals surface area contributed by atoms with E-state index < -0.39 is 17.6 Å². The number of nitrogen functional groups attached to an aromatic ring is 1. The standard InChI is InChI=1S/C12H8F4N2/c13-8-3-1-2-7(4-8)9-6-18-11(17)5-10(9)12(14,15)16/h1-6H,(H2,17,18). The highest BCUT2D eigenvalue weighted by molar-refractivity contribution is 5.68. The van der Waals surface area contributed by atoms with Crippen molar-refractivity contribution < 1.29 is 17.6 Å². The average Bonchev–Trinajstić information content (AvgIpc) is 2.27. The lowest BCUT2D eigenvalue weighted by Crippen LogP contribution is -2.09. The number of pyridine rings is 1. The second-order valence-corrected chi connectivity index (χ2v) is 3.66. The maximum Gasteiger partial charge on any atom is 0.417 e. The number of anilines is 1. The van der Waals surface area contributed by atoms with Crippen LogP contribution in [0.1, 0.15) is 5.56 Å². The summed E-state index contributed by atoms with van der Waals surface area (Å²) in [6.07, 6.45) is -3.58. The third-order valence-electron chi connectivity index (χ3n) is 2.37. The Kier molecular flexibility index (Phi) is 2.94. The van der Waals surface area contributed by atoms with E-state index in [1.54, 1.807) is 0 Å². The molecule has 0 aliphatic rings. The van der Waals surface area contributed by atoms with Gasteiger partial charge in [-0.1, -0.05) is 12.1 Å². The van der Waals surface area contributed by atoms with Crippen LogP contribution in [0.5, 0.6) is 0 Å². The molecule has 0 unspecified atom stereocenters. The first-order chi connectivity index (χ1) is 8.38. The van der Waals surface area contributed by atoms with Crippen LogP contribution in [-0.2, 0) is 6.18 Å². The van der Waals surface area contributed by atoms with Crippen LogP contribution in [0.25, 0.3) is 11.1 Å². The van der Waals surface area contributed by atoms with Crippen molar-refractivity contribution in [2.45, 2.75) is 6.18 Å². The highest BCUT2D eigenvalue weighted by Gasteiger charge is 2.34. The summed E-state index contributed by atoms with van der Waals surface area (Å²) in [6, 6.07) is 5.62. The number of nitrogens with zero attached hydrogens (tertiary/aromatic N) is 1. The first-order valence-electron chi connectivity index (χ1n) is 4.96. The number of hydrogen-bond acceptors (Lipinski definition) is 2. The summed E-state index contributed by atoms with van der Waals surface area (Å²) in [4.78, 5) is 3.61. The van der Waals surface area contributed by atoms with Crippen LogP contribution in [0.2, 0.25) is 0 Å². The van der Waals surface area contributed by atoms with Gasteiger partial charge in [-0.2, -0.15) is 13.2 Å². The molecule has 2 aromatic rings. The van der Waals surface area contributed by atoms with Gasteiger partial charge in [-0.3, -0.25) is 0 Å². The van der Waals surface area contributed by atoms with Crippen molar-refractivity contribution in [2.75, 3.05) is 5.73 Å². The van der Waals surface area contributed by atoms with Crippen molar-refractivity contribution in [3.05, 3.63) is 47.9 Å². The molecule has 0 spiro atoms. The van der Waals surface area contributed by atoms with Gasteiger partial charge in [0, 0.05) is 11.8 Å². The van der Waals surface area contributed by atoms with E-state index in [9.17, 15) is 17.6 Å². The summed E-state index contributed by atoms with van der Waals surface area (Å²) in [5.74, 6) is -0.847. The first kappa shape index (κ1) is 12.3. The second-order valence-electron chi connectivity index (χ2n) is 3.66. The maximum absolute atomic E-state index is 13.0.